The van der Waals surface area contributed by atoms with Gasteiger partial charge in [0.05, 0.1) is 25.7 Å². The van der Waals surface area contributed by atoms with E-state index in [9.17, 15) is 4.79 Å². The second kappa shape index (κ2) is 7.98. The zero-order chi connectivity index (χ0) is 19.7. The summed E-state index contributed by atoms with van der Waals surface area (Å²) < 4.78 is 10.7. The van der Waals surface area contributed by atoms with Crippen LogP contribution in [0.2, 0.25) is 0 Å². The number of nitrogens with zero attached hydrogens (tertiary/aromatic N) is 2. The lowest BCUT2D eigenvalue weighted by atomic mass is 10.1. The predicted molar refractivity (Wildman–Crippen MR) is 113 cm³/mol. The molecule has 7 heteroatoms. The van der Waals surface area contributed by atoms with Gasteiger partial charge in [0, 0.05) is 38.0 Å². The summed E-state index contributed by atoms with van der Waals surface area (Å²) in [6.07, 6.45) is 8.10. The molecular formula is C21H26N3O3P. The molecule has 0 bridgehead atoms. The van der Waals surface area contributed by atoms with E-state index >= 15 is 0 Å². The number of benzene rings is 1. The first-order valence-corrected chi connectivity index (χ1v) is 10.6. The Morgan fingerprint density at radius 2 is 2.04 bits per heavy atom. The Balaban J connectivity index is 1.58. The Bertz CT molecular complexity index is 864. The van der Waals surface area contributed by atoms with E-state index in [0.29, 0.717) is 26.1 Å². The van der Waals surface area contributed by atoms with Gasteiger partial charge in [-0.25, -0.2) is 0 Å². The molecule has 3 aliphatic rings. The molecule has 2 unspecified atom stereocenters. The number of fused-ring (bicyclic) bond motifs is 1. The highest BCUT2D eigenvalue weighted by molar-refractivity contribution is 7.51. The van der Waals surface area contributed by atoms with E-state index in [1.165, 1.54) is 0 Å². The minimum absolute atomic E-state index is 0.0261. The average Bonchev–Trinajstić information content (AvgIpc) is 2.73. The molecule has 0 saturated carbocycles. The van der Waals surface area contributed by atoms with Gasteiger partial charge in [-0.15, -0.1) is 0 Å². The summed E-state index contributed by atoms with van der Waals surface area (Å²) >= 11 is 0. The van der Waals surface area contributed by atoms with E-state index in [2.05, 4.69) is 29.3 Å². The van der Waals surface area contributed by atoms with Crippen molar-refractivity contribution in [3.8, 4) is 11.5 Å². The maximum Gasteiger partial charge on any atom is 0.252 e. The molecule has 1 saturated heterocycles. The molecule has 1 aromatic rings. The van der Waals surface area contributed by atoms with Crippen molar-refractivity contribution in [1.82, 2.24) is 15.1 Å². The minimum atomic E-state index is 0.0261. The number of nitrogens with one attached hydrogen (secondary N) is 1. The van der Waals surface area contributed by atoms with E-state index < -0.39 is 0 Å². The quantitative estimate of drug-likeness (QED) is 0.789. The molecule has 3 heterocycles. The summed E-state index contributed by atoms with van der Waals surface area (Å²) in [5.41, 5.74) is 2.12. The number of methoxy groups -OCH3 is 2. The van der Waals surface area contributed by atoms with Crippen LogP contribution in [-0.4, -0.2) is 61.4 Å². The molecule has 148 valence electrons. The SMILES string of the molecule is COc1ccc(C2=CC(=O)N3C=C(N4CCNC[C@H]4C)C=CC3P2)cc1OC. The van der Waals surface area contributed by atoms with Crippen LogP contribution < -0.4 is 14.8 Å². The molecule has 1 amide bonds. The number of allylic oxidation sites excluding steroid dienone is 1. The van der Waals surface area contributed by atoms with E-state index in [0.717, 1.165) is 36.2 Å². The highest BCUT2D eigenvalue weighted by Gasteiger charge is 2.30. The first-order valence-electron chi connectivity index (χ1n) is 9.51. The highest BCUT2D eigenvalue weighted by atomic mass is 31.1. The van der Waals surface area contributed by atoms with Gasteiger partial charge in [-0.05, 0) is 36.0 Å². The van der Waals surface area contributed by atoms with Crippen molar-refractivity contribution < 1.29 is 14.3 Å². The summed E-state index contributed by atoms with van der Waals surface area (Å²) in [5, 5.41) is 4.45. The van der Waals surface area contributed by atoms with Crippen LogP contribution in [-0.2, 0) is 4.79 Å². The second-order valence-electron chi connectivity index (χ2n) is 7.12. The Hall–Kier alpha value is -2.30. The van der Waals surface area contributed by atoms with Crippen molar-refractivity contribution in [3.63, 3.8) is 0 Å². The van der Waals surface area contributed by atoms with Crippen LogP contribution in [0, 0.1) is 0 Å². The molecule has 4 rings (SSSR count). The van der Waals surface area contributed by atoms with Crippen molar-refractivity contribution in [2.75, 3.05) is 33.9 Å². The number of rotatable bonds is 4. The van der Waals surface area contributed by atoms with Crippen LogP contribution >= 0.6 is 8.58 Å². The summed E-state index contributed by atoms with van der Waals surface area (Å²) in [5.74, 6) is 1.46. The first kappa shape index (κ1) is 19.0. The monoisotopic (exact) mass is 399 g/mol. The third-order valence-electron chi connectivity index (χ3n) is 5.37. The molecule has 1 N–H and O–H groups in total. The number of hydrogen-bond donors (Lipinski definition) is 1. The Kier molecular flexibility index (Phi) is 5.42. The van der Waals surface area contributed by atoms with Crippen LogP contribution in [0.5, 0.6) is 11.5 Å². The fourth-order valence-corrected chi connectivity index (χ4v) is 5.21. The molecule has 0 aromatic heterocycles. The fourth-order valence-electron chi connectivity index (χ4n) is 3.83. The molecule has 0 spiro atoms. The van der Waals surface area contributed by atoms with Gasteiger partial charge >= 0.3 is 0 Å². The predicted octanol–water partition coefficient (Wildman–Crippen LogP) is 2.60. The lowest BCUT2D eigenvalue weighted by Gasteiger charge is -2.40. The number of hydrogen-bond acceptors (Lipinski definition) is 5. The van der Waals surface area contributed by atoms with E-state index in [1.807, 2.05) is 29.3 Å². The third-order valence-corrected chi connectivity index (χ3v) is 6.88. The van der Waals surface area contributed by atoms with Crippen LogP contribution in [0.25, 0.3) is 5.31 Å². The van der Waals surface area contributed by atoms with Crippen LogP contribution in [0.3, 0.4) is 0 Å². The van der Waals surface area contributed by atoms with Gasteiger partial charge in [0.2, 0.25) is 0 Å². The maximum absolute atomic E-state index is 12.9. The first-order chi connectivity index (χ1) is 13.6. The lowest BCUT2D eigenvalue weighted by molar-refractivity contribution is -0.123. The molecule has 0 aliphatic carbocycles. The normalized spacial score (nSPS) is 25.3. The van der Waals surface area contributed by atoms with E-state index in [-0.39, 0.29) is 11.7 Å². The molecule has 6 nitrogen and oxygen atoms in total. The molecule has 3 atom stereocenters. The van der Waals surface area contributed by atoms with Gasteiger partial charge < -0.3 is 24.6 Å². The number of piperazine rings is 1. The van der Waals surface area contributed by atoms with Gasteiger partial charge in [0.25, 0.3) is 5.91 Å². The molecule has 0 radical (unpaired) electrons. The highest BCUT2D eigenvalue weighted by Crippen LogP contribution is 2.46. The number of ether oxygens (including phenoxy) is 2. The summed E-state index contributed by atoms with van der Waals surface area (Å²) in [6.45, 7) is 5.10. The molecular weight excluding hydrogens is 373 g/mol. The molecule has 28 heavy (non-hydrogen) atoms. The molecule has 3 aliphatic heterocycles. The van der Waals surface area contributed by atoms with Gasteiger partial charge in [-0.3, -0.25) is 4.79 Å². The van der Waals surface area contributed by atoms with Crippen molar-refractivity contribution >= 4 is 19.8 Å². The van der Waals surface area contributed by atoms with Crippen molar-refractivity contribution in [2.45, 2.75) is 18.7 Å². The average molecular weight is 399 g/mol. The van der Waals surface area contributed by atoms with E-state index in [1.54, 1.807) is 20.3 Å². The molecule has 1 aromatic carbocycles. The van der Waals surface area contributed by atoms with Gasteiger partial charge in [0.1, 0.15) is 0 Å². The number of carbonyl (C=O) groups excluding carboxylic acids is 1. The summed E-state index contributed by atoms with van der Waals surface area (Å²) in [6, 6.07) is 6.23. The smallest absolute Gasteiger partial charge is 0.252 e. The van der Waals surface area contributed by atoms with Gasteiger partial charge in [0.15, 0.2) is 11.5 Å². The van der Waals surface area contributed by atoms with Crippen LogP contribution in [0.1, 0.15) is 12.5 Å². The van der Waals surface area contributed by atoms with Crippen molar-refractivity contribution in [3.05, 3.63) is 53.9 Å². The van der Waals surface area contributed by atoms with Crippen LogP contribution in [0.15, 0.2) is 48.3 Å². The zero-order valence-corrected chi connectivity index (χ0v) is 17.4. The number of carbonyl (C=O) groups is 1. The second-order valence-corrected chi connectivity index (χ2v) is 8.54. The minimum Gasteiger partial charge on any atom is -0.493 e. The maximum atomic E-state index is 12.9. The largest absolute Gasteiger partial charge is 0.493 e. The Labute approximate surface area is 167 Å². The van der Waals surface area contributed by atoms with Gasteiger partial charge in [-0.1, -0.05) is 20.7 Å². The zero-order valence-electron chi connectivity index (χ0n) is 16.4. The fraction of sp³-hybridized carbons (Fsp3) is 0.381. The van der Waals surface area contributed by atoms with Gasteiger partial charge in [-0.2, -0.15) is 0 Å². The lowest BCUT2D eigenvalue weighted by Crippen LogP contribution is -2.50. The summed E-state index contributed by atoms with van der Waals surface area (Å²) in [4.78, 5) is 17.1. The third kappa shape index (κ3) is 3.54. The standard InChI is InChI=1S/C21H26N3O3P/c1-14-12-22-8-9-23(14)16-5-7-21-24(13-16)20(25)11-19(28-21)15-4-6-17(26-2)18(10-15)27-3/h4-7,10-11,13-14,21-22,28H,8-9,12H2,1-3H3/t14-,21?/m1/s1. The van der Waals surface area contributed by atoms with Crippen molar-refractivity contribution in [2.24, 2.45) is 0 Å². The molecule has 1 fully saturated rings. The number of amides is 1. The topological polar surface area (TPSA) is 54.0 Å². The Morgan fingerprint density at radius 1 is 1.21 bits per heavy atom. The summed E-state index contributed by atoms with van der Waals surface area (Å²) in [7, 11) is 3.73. The Morgan fingerprint density at radius 3 is 2.79 bits per heavy atom. The van der Waals surface area contributed by atoms with Crippen LogP contribution in [0.4, 0.5) is 0 Å². The van der Waals surface area contributed by atoms with Crippen molar-refractivity contribution in [1.29, 1.82) is 0 Å². The van der Waals surface area contributed by atoms with E-state index in [4.69, 9.17) is 9.47 Å².